The molecule has 0 N–H and O–H groups in total. The van der Waals surface area contributed by atoms with Crippen molar-refractivity contribution >= 4 is 11.8 Å². The van der Waals surface area contributed by atoms with E-state index in [1.165, 1.54) is 11.1 Å². The monoisotopic (exact) mass is 201 g/mol. The highest BCUT2D eigenvalue weighted by molar-refractivity contribution is 7.98. The zero-order chi connectivity index (χ0) is 9.80. The third-order valence-corrected chi connectivity index (χ3v) is 2.71. The number of rotatable bonds is 2. The zero-order valence-electron chi connectivity index (χ0n) is 7.97. The number of aromatic nitrogens is 1. The Morgan fingerprint density at radius 1 is 0.929 bits per heavy atom. The van der Waals surface area contributed by atoms with Gasteiger partial charge >= 0.3 is 0 Å². The molecule has 0 fully saturated rings. The highest BCUT2D eigenvalue weighted by Gasteiger charge is 1.96. The minimum atomic E-state index is 1.06. The predicted octanol–water partition coefficient (Wildman–Crippen LogP) is 3.47. The maximum atomic E-state index is 4.34. The van der Waals surface area contributed by atoms with Gasteiger partial charge in [-0.15, -0.1) is 11.8 Å². The standard InChI is InChI=1S/C12H11NS/c1-14-12-8-7-11(9-13-12)10-5-3-2-4-6-10/h2-9H,1H3. The third kappa shape index (κ3) is 1.96. The molecule has 0 saturated carbocycles. The molecule has 0 bridgehead atoms. The molecule has 14 heavy (non-hydrogen) atoms. The first-order valence-corrected chi connectivity index (χ1v) is 5.68. The van der Waals surface area contributed by atoms with Crippen molar-refractivity contribution in [2.24, 2.45) is 0 Å². The van der Waals surface area contributed by atoms with Gasteiger partial charge in [-0.05, 0) is 17.9 Å². The Kier molecular flexibility index (Phi) is 2.84. The molecule has 1 aromatic heterocycles. The zero-order valence-corrected chi connectivity index (χ0v) is 8.79. The molecule has 1 heterocycles. The second-order valence-corrected chi connectivity index (χ2v) is 3.78. The molecule has 2 rings (SSSR count). The number of hydrogen-bond donors (Lipinski definition) is 0. The topological polar surface area (TPSA) is 12.9 Å². The van der Waals surface area contributed by atoms with Gasteiger partial charge in [0, 0.05) is 11.8 Å². The summed E-state index contributed by atoms with van der Waals surface area (Å²) in [5.41, 5.74) is 2.39. The van der Waals surface area contributed by atoms with Gasteiger partial charge < -0.3 is 0 Å². The van der Waals surface area contributed by atoms with Crippen LogP contribution in [-0.4, -0.2) is 11.2 Å². The number of benzene rings is 1. The number of nitrogens with zero attached hydrogens (tertiary/aromatic N) is 1. The first kappa shape index (κ1) is 9.28. The molecule has 0 amide bonds. The van der Waals surface area contributed by atoms with Crippen LogP contribution in [0, 0.1) is 0 Å². The Hall–Kier alpha value is -1.28. The van der Waals surface area contributed by atoms with Crippen molar-refractivity contribution in [2.75, 3.05) is 6.26 Å². The van der Waals surface area contributed by atoms with E-state index in [9.17, 15) is 0 Å². The summed E-state index contributed by atoms with van der Waals surface area (Å²) in [5, 5.41) is 1.06. The van der Waals surface area contributed by atoms with Crippen molar-refractivity contribution in [1.82, 2.24) is 4.98 Å². The van der Waals surface area contributed by atoms with Crippen molar-refractivity contribution in [3.05, 3.63) is 48.7 Å². The molecule has 0 unspecified atom stereocenters. The van der Waals surface area contributed by atoms with E-state index in [-0.39, 0.29) is 0 Å². The van der Waals surface area contributed by atoms with Crippen LogP contribution in [0.5, 0.6) is 0 Å². The van der Waals surface area contributed by atoms with Crippen LogP contribution >= 0.6 is 11.8 Å². The van der Waals surface area contributed by atoms with Gasteiger partial charge in [0.25, 0.3) is 0 Å². The number of pyridine rings is 1. The van der Waals surface area contributed by atoms with Crippen molar-refractivity contribution in [1.29, 1.82) is 0 Å². The van der Waals surface area contributed by atoms with E-state index in [0.717, 1.165) is 5.03 Å². The Balaban J connectivity index is 2.34. The van der Waals surface area contributed by atoms with Crippen molar-refractivity contribution in [3.63, 3.8) is 0 Å². The second kappa shape index (κ2) is 4.29. The summed E-state index contributed by atoms with van der Waals surface area (Å²) < 4.78 is 0. The number of thioether (sulfide) groups is 1. The summed E-state index contributed by atoms with van der Waals surface area (Å²) >= 11 is 1.66. The molecular weight excluding hydrogens is 190 g/mol. The molecule has 1 aromatic carbocycles. The quantitative estimate of drug-likeness (QED) is 0.690. The lowest BCUT2D eigenvalue weighted by Crippen LogP contribution is -1.81. The smallest absolute Gasteiger partial charge is 0.0957 e. The fourth-order valence-corrected chi connectivity index (χ4v) is 1.66. The molecule has 2 heteroatoms. The summed E-state index contributed by atoms with van der Waals surface area (Å²) in [6, 6.07) is 14.4. The normalized spacial score (nSPS) is 10.1. The molecule has 1 nitrogen and oxygen atoms in total. The van der Waals surface area contributed by atoms with Crippen molar-refractivity contribution in [2.45, 2.75) is 5.03 Å². The van der Waals surface area contributed by atoms with E-state index >= 15 is 0 Å². The van der Waals surface area contributed by atoms with Gasteiger partial charge in [0.15, 0.2) is 0 Å². The van der Waals surface area contributed by atoms with Crippen LogP contribution in [-0.2, 0) is 0 Å². The van der Waals surface area contributed by atoms with E-state index in [1.807, 2.05) is 36.7 Å². The van der Waals surface area contributed by atoms with Crippen LogP contribution in [0.1, 0.15) is 0 Å². The van der Waals surface area contributed by atoms with E-state index in [2.05, 4.69) is 23.2 Å². The summed E-state index contributed by atoms with van der Waals surface area (Å²) in [4.78, 5) is 4.34. The maximum absolute atomic E-state index is 4.34. The minimum Gasteiger partial charge on any atom is -0.249 e. The van der Waals surface area contributed by atoms with E-state index in [1.54, 1.807) is 11.8 Å². The Morgan fingerprint density at radius 3 is 2.29 bits per heavy atom. The van der Waals surface area contributed by atoms with Crippen molar-refractivity contribution in [3.8, 4) is 11.1 Å². The average molecular weight is 201 g/mol. The largest absolute Gasteiger partial charge is 0.249 e. The van der Waals surface area contributed by atoms with Gasteiger partial charge in [-0.25, -0.2) is 4.98 Å². The van der Waals surface area contributed by atoms with E-state index < -0.39 is 0 Å². The molecule has 70 valence electrons. The molecule has 0 radical (unpaired) electrons. The Morgan fingerprint density at radius 2 is 1.71 bits per heavy atom. The van der Waals surface area contributed by atoms with Crippen LogP contribution in [0.15, 0.2) is 53.7 Å². The lowest BCUT2D eigenvalue weighted by atomic mass is 10.1. The maximum Gasteiger partial charge on any atom is 0.0957 e. The van der Waals surface area contributed by atoms with Crippen LogP contribution in [0.25, 0.3) is 11.1 Å². The van der Waals surface area contributed by atoms with Gasteiger partial charge in [0.05, 0.1) is 5.03 Å². The van der Waals surface area contributed by atoms with Gasteiger partial charge in [-0.2, -0.15) is 0 Å². The SMILES string of the molecule is CSc1ccc(-c2ccccc2)cn1. The highest BCUT2D eigenvalue weighted by atomic mass is 32.2. The van der Waals surface area contributed by atoms with Gasteiger partial charge in [0.2, 0.25) is 0 Å². The number of hydrogen-bond acceptors (Lipinski definition) is 2. The Labute approximate surface area is 88.2 Å². The fourth-order valence-electron chi connectivity index (χ4n) is 1.30. The molecule has 0 spiro atoms. The predicted molar refractivity (Wildman–Crippen MR) is 61.5 cm³/mol. The summed E-state index contributed by atoms with van der Waals surface area (Å²) in [6.07, 6.45) is 3.95. The minimum absolute atomic E-state index is 1.06. The molecule has 0 aliphatic heterocycles. The molecule has 0 atom stereocenters. The first-order chi connectivity index (χ1) is 6.90. The summed E-state index contributed by atoms with van der Waals surface area (Å²) in [5.74, 6) is 0. The van der Waals surface area contributed by atoms with Gasteiger partial charge in [-0.1, -0.05) is 36.4 Å². The molecule has 0 aliphatic carbocycles. The fraction of sp³-hybridized carbons (Fsp3) is 0.0833. The average Bonchev–Trinajstić information content (AvgIpc) is 2.30. The van der Waals surface area contributed by atoms with Gasteiger partial charge in [-0.3, -0.25) is 0 Å². The van der Waals surface area contributed by atoms with Crippen LogP contribution in [0.2, 0.25) is 0 Å². The van der Waals surface area contributed by atoms with Crippen LogP contribution in [0.4, 0.5) is 0 Å². The molecule has 2 aromatic rings. The molecule has 0 saturated heterocycles. The van der Waals surface area contributed by atoms with Crippen LogP contribution < -0.4 is 0 Å². The summed E-state index contributed by atoms with van der Waals surface area (Å²) in [6.45, 7) is 0. The van der Waals surface area contributed by atoms with Gasteiger partial charge in [0.1, 0.15) is 0 Å². The lowest BCUT2D eigenvalue weighted by Gasteiger charge is -2.01. The second-order valence-electron chi connectivity index (χ2n) is 2.96. The van der Waals surface area contributed by atoms with E-state index in [0.29, 0.717) is 0 Å². The van der Waals surface area contributed by atoms with E-state index in [4.69, 9.17) is 0 Å². The summed E-state index contributed by atoms with van der Waals surface area (Å²) in [7, 11) is 0. The highest BCUT2D eigenvalue weighted by Crippen LogP contribution is 2.20. The third-order valence-electron chi connectivity index (χ3n) is 2.05. The van der Waals surface area contributed by atoms with Crippen molar-refractivity contribution < 1.29 is 0 Å². The Bertz CT molecular complexity index is 394. The lowest BCUT2D eigenvalue weighted by molar-refractivity contribution is 1.14. The molecular formula is C12H11NS. The molecule has 0 aliphatic rings. The van der Waals surface area contributed by atoms with Crippen LogP contribution in [0.3, 0.4) is 0 Å². The first-order valence-electron chi connectivity index (χ1n) is 4.45.